The zero-order valence-electron chi connectivity index (χ0n) is 62.9. The van der Waals surface area contributed by atoms with Gasteiger partial charge in [-0.1, -0.05) is 95.5 Å². The van der Waals surface area contributed by atoms with E-state index in [4.69, 9.17) is 42.1 Å². The zero-order valence-corrected chi connectivity index (χ0v) is 67.7. The molecule has 0 radical (unpaired) electrons. The Bertz CT molecular complexity index is 5500. The molecule has 0 saturated carbocycles. The zero-order chi connectivity index (χ0) is 81.3. The highest BCUT2D eigenvalue weighted by atomic mass is 35.5. The van der Waals surface area contributed by atoms with Crippen molar-refractivity contribution >= 4 is 138 Å². The molecule has 0 atom stereocenters. The van der Waals surface area contributed by atoms with Crippen LogP contribution in [0, 0.1) is 17.0 Å². The standard InChI is InChI=1S/C23H23N3O4S.C22H20ClN3O4S.C19H19N3O6S.C16H21ClN2O4S/c1-16-7-8-20-18(14-16)15-30-23(27)26(20)19-9-12-25(13-10-19)31(28,29)21-6-2-4-17-5-3-11-24-22(17)21;23-17-6-7-19-16(13-17)14-30-22(27)26(19)18-8-11-25(12-9-18)31(28,29)20-5-1-3-15-4-2-10-24-21(15)20;23-19-21(18-4-2-1-3-14(18)13-28-19)15-9-11-20(12-10-15)29(26,27)17-7-5-16(6-8-17)22(24)25;1-11(2)24(21,22)18-7-5-14(6-8-18)19-15-4-3-13(17)9-12(15)10-23-16(19)20/h2-8,11,14,19H,9-10,12-13,15H2,1H3;1-7,10,13,18H,8-9,11-12,14H2;1-8,15H,9-13H2;3-4,9,11,14H,5-8,10H2,1-2H3. The normalized spacial score (nSPS) is 18.6. The molecule has 0 bridgehead atoms. The van der Waals surface area contributed by atoms with Gasteiger partial charge in [0.05, 0.1) is 48.9 Å². The van der Waals surface area contributed by atoms with E-state index in [0.29, 0.717) is 112 Å². The number of rotatable bonds is 13. The van der Waals surface area contributed by atoms with Gasteiger partial charge in [-0.15, -0.1) is 0 Å². The molecule has 8 aliphatic rings. The van der Waals surface area contributed by atoms with Crippen molar-refractivity contribution < 1.29 is 76.7 Å². The number of benzene rings is 7. The number of nitrogens with zero attached hydrogens (tertiary/aromatic N) is 11. The summed E-state index contributed by atoms with van der Waals surface area (Å²) in [5, 5.41) is 13.1. The van der Waals surface area contributed by atoms with Crippen LogP contribution in [0.2, 0.25) is 10.0 Å². The molecule has 0 spiro atoms. The number of pyridine rings is 2. The molecule has 604 valence electrons. The Morgan fingerprint density at radius 2 is 0.757 bits per heavy atom. The number of halogens is 2. The number of para-hydroxylation sites is 3. The molecule has 29 nitrogen and oxygen atoms in total. The van der Waals surface area contributed by atoms with Crippen LogP contribution in [0.5, 0.6) is 0 Å². The van der Waals surface area contributed by atoms with E-state index in [9.17, 15) is 63.0 Å². The van der Waals surface area contributed by atoms with Crippen molar-refractivity contribution in [2.75, 3.05) is 72.0 Å². The van der Waals surface area contributed by atoms with Crippen molar-refractivity contribution in [1.29, 1.82) is 0 Å². The van der Waals surface area contributed by atoms with Gasteiger partial charge < -0.3 is 18.9 Å². The number of aryl methyl sites for hydroxylation is 1. The Balaban J connectivity index is 0.000000127. The first-order chi connectivity index (χ1) is 55.1. The number of fused-ring (bicyclic) bond motifs is 6. The van der Waals surface area contributed by atoms with Crippen molar-refractivity contribution in [3.05, 3.63) is 224 Å². The molecule has 35 heteroatoms. The van der Waals surface area contributed by atoms with E-state index >= 15 is 0 Å². The average molecular weight is 1690 g/mol. The Morgan fingerprint density at radius 3 is 1.16 bits per heavy atom. The van der Waals surface area contributed by atoms with Gasteiger partial charge in [0.1, 0.15) is 36.2 Å². The molecule has 8 aliphatic heterocycles. The maximum absolute atomic E-state index is 13.4. The van der Waals surface area contributed by atoms with E-state index in [1.807, 2.05) is 85.8 Å². The van der Waals surface area contributed by atoms with Crippen LogP contribution >= 0.6 is 23.2 Å². The molecule has 0 unspecified atom stereocenters. The van der Waals surface area contributed by atoms with Gasteiger partial charge in [-0.2, -0.15) is 12.9 Å². The largest absolute Gasteiger partial charge is 0.444 e. The second-order valence-electron chi connectivity index (χ2n) is 29.0. The summed E-state index contributed by atoms with van der Waals surface area (Å²) in [6, 6.07) is 46.3. The van der Waals surface area contributed by atoms with Gasteiger partial charge in [-0.05, 0) is 157 Å². The SMILES string of the molecule is CC(C)S(=O)(=O)N1CCC(N2C(=O)OCc3cc(Cl)ccc32)CC1.Cc1ccc2c(c1)COC(=O)N2C1CCN(S(=O)(=O)c2cccc3cccnc23)CC1.O=C1OCc2cc(Cl)ccc2N1C1CCN(S(=O)(=O)c2cccc3cccnc23)CC1.O=C1OCc2ccccc2N1C1CCN(S(=O)(=O)c2ccc([N+](=O)[O-])cc2)CC1. The maximum Gasteiger partial charge on any atom is 0.414 e. The number of aromatic nitrogens is 2. The van der Waals surface area contributed by atoms with Gasteiger partial charge in [0.15, 0.2) is 0 Å². The van der Waals surface area contributed by atoms with Crippen LogP contribution in [0.15, 0.2) is 191 Å². The van der Waals surface area contributed by atoms with E-state index in [1.54, 1.807) is 107 Å². The lowest BCUT2D eigenvalue weighted by atomic mass is 10.0. The number of ether oxygens (including phenoxy) is 4. The molecule has 4 amide bonds. The summed E-state index contributed by atoms with van der Waals surface area (Å²) < 4.78 is 131. The Morgan fingerprint density at radius 1 is 0.409 bits per heavy atom. The molecular weight excluding hydrogens is 1600 g/mol. The van der Waals surface area contributed by atoms with Gasteiger partial charge in [0, 0.05) is 144 Å². The summed E-state index contributed by atoms with van der Waals surface area (Å²) in [6.45, 7) is 8.89. The van der Waals surface area contributed by atoms with E-state index in [-0.39, 0.29) is 96.2 Å². The van der Waals surface area contributed by atoms with Crippen molar-refractivity contribution in [2.45, 2.75) is 143 Å². The summed E-state index contributed by atoms with van der Waals surface area (Å²) in [4.78, 5) is 75.5. The minimum atomic E-state index is -3.76. The van der Waals surface area contributed by atoms with Crippen molar-refractivity contribution in [1.82, 2.24) is 27.2 Å². The van der Waals surface area contributed by atoms with Crippen molar-refractivity contribution in [3.8, 4) is 0 Å². The second kappa shape index (κ2) is 34.1. The first-order valence-electron chi connectivity index (χ1n) is 37.6. The van der Waals surface area contributed by atoms with Crippen LogP contribution < -0.4 is 19.6 Å². The average Bonchev–Trinajstić information content (AvgIpc) is 0.759. The fourth-order valence-corrected chi connectivity index (χ4v) is 22.2. The van der Waals surface area contributed by atoms with Crippen LogP contribution in [0.1, 0.15) is 93.0 Å². The van der Waals surface area contributed by atoms with Gasteiger partial charge in [-0.3, -0.25) is 39.7 Å². The number of carbonyl (C=O) groups is 4. The summed E-state index contributed by atoms with van der Waals surface area (Å²) in [6.07, 6.45) is 5.84. The van der Waals surface area contributed by atoms with Crippen molar-refractivity contribution in [2.24, 2.45) is 0 Å². The second-order valence-corrected chi connectivity index (χ2v) is 38.2. The molecule has 17 rings (SSSR count). The number of hydrogen-bond donors (Lipinski definition) is 0. The van der Waals surface area contributed by atoms with E-state index in [1.165, 1.54) is 41.5 Å². The Kier molecular flexibility index (Phi) is 24.2. The third-order valence-electron chi connectivity index (χ3n) is 21.8. The van der Waals surface area contributed by atoms with Crippen LogP contribution in [-0.4, -0.2) is 172 Å². The topological polar surface area (TPSA) is 337 Å². The Labute approximate surface area is 676 Å². The van der Waals surface area contributed by atoms with E-state index in [0.717, 1.165) is 61.3 Å². The molecule has 10 heterocycles. The number of nitro benzene ring substituents is 1. The minimum Gasteiger partial charge on any atom is -0.444 e. The first kappa shape index (κ1) is 81.6. The highest BCUT2D eigenvalue weighted by Gasteiger charge is 2.43. The fourth-order valence-electron chi connectivity index (χ4n) is 15.8. The molecule has 7 aromatic carbocycles. The smallest absolute Gasteiger partial charge is 0.414 e. The lowest BCUT2D eigenvalue weighted by Crippen LogP contribution is -2.51. The Hall–Kier alpha value is -9.94. The van der Waals surface area contributed by atoms with Crippen LogP contribution in [-0.2, 0) is 85.5 Å². The predicted octanol–water partition coefficient (Wildman–Crippen LogP) is 14.0. The fraction of sp³-hybridized carbons (Fsp3) is 0.350. The first-order valence-corrected chi connectivity index (χ1v) is 44.2. The summed E-state index contributed by atoms with van der Waals surface area (Å²) in [5.74, 6) is 0. The highest BCUT2D eigenvalue weighted by molar-refractivity contribution is 7.90. The number of anilines is 4. The number of hydrogen-bond acceptors (Lipinski definition) is 20. The number of cyclic esters (lactones) is 4. The third kappa shape index (κ3) is 17.1. The summed E-state index contributed by atoms with van der Waals surface area (Å²) in [7, 11) is -14.4. The van der Waals surface area contributed by atoms with Gasteiger partial charge in [0.25, 0.3) is 5.69 Å². The molecule has 4 fully saturated rings. The van der Waals surface area contributed by atoms with Gasteiger partial charge in [-0.25, -0.2) is 57.2 Å². The molecule has 2 aromatic heterocycles. The molecule has 0 aliphatic carbocycles. The third-order valence-corrected chi connectivity index (χ3v) is 30.3. The summed E-state index contributed by atoms with van der Waals surface area (Å²) >= 11 is 12.1. The van der Waals surface area contributed by atoms with Gasteiger partial charge in [0.2, 0.25) is 40.1 Å². The molecule has 9 aromatic rings. The molecule has 0 N–H and O–H groups in total. The lowest BCUT2D eigenvalue weighted by molar-refractivity contribution is -0.384. The number of non-ortho nitro benzene ring substituents is 1. The minimum absolute atomic E-state index is 0.0178. The van der Waals surface area contributed by atoms with E-state index in [2.05, 4.69) is 9.97 Å². The van der Waals surface area contributed by atoms with Crippen LogP contribution in [0.4, 0.5) is 47.6 Å². The van der Waals surface area contributed by atoms with Gasteiger partial charge >= 0.3 is 24.4 Å². The predicted molar refractivity (Wildman–Crippen MR) is 432 cm³/mol. The lowest BCUT2D eigenvalue weighted by Gasteiger charge is -2.40. The summed E-state index contributed by atoms with van der Waals surface area (Å²) in [5.41, 5.74) is 8.79. The quantitative estimate of drug-likeness (QED) is 0.0588. The number of nitro groups is 1. The monoisotopic (exact) mass is 1680 g/mol. The number of carbonyl (C=O) groups excluding carboxylic acids is 4. The highest BCUT2D eigenvalue weighted by Crippen LogP contribution is 2.40. The van der Waals surface area contributed by atoms with E-state index < -0.39 is 62.5 Å². The molecule has 4 saturated heterocycles. The maximum atomic E-state index is 13.4. The van der Waals surface area contributed by atoms with Crippen LogP contribution in [0.3, 0.4) is 0 Å². The number of amides is 4. The van der Waals surface area contributed by atoms with Crippen molar-refractivity contribution in [3.63, 3.8) is 0 Å². The number of sulfonamides is 4. The molecular formula is C80H83Cl2N11O18S4. The molecule has 115 heavy (non-hydrogen) atoms. The number of piperidine rings is 4. The van der Waals surface area contributed by atoms with Crippen LogP contribution in [0.25, 0.3) is 21.8 Å².